The number of fused-ring (bicyclic) bond motifs is 1. The van der Waals surface area contributed by atoms with Crippen molar-refractivity contribution in [2.24, 2.45) is 0 Å². The second-order valence-corrected chi connectivity index (χ2v) is 8.89. The first-order valence-electron chi connectivity index (χ1n) is 10.6. The number of thiazole rings is 1. The molecule has 1 atom stereocenters. The van der Waals surface area contributed by atoms with Crippen LogP contribution in [-0.4, -0.2) is 21.8 Å². The highest BCUT2D eigenvalue weighted by atomic mass is 32.1. The van der Waals surface area contributed by atoms with Crippen molar-refractivity contribution in [1.82, 2.24) is 4.98 Å². The number of aryl methyl sites for hydroxylation is 1. The zero-order valence-electron chi connectivity index (χ0n) is 18.0. The molecule has 0 bridgehead atoms. The number of carbonyl (C=O) groups is 2. The van der Waals surface area contributed by atoms with Crippen LogP contribution >= 0.6 is 11.3 Å². The highest BCUT2D eigenvalue weighted by Crippen LogP contribution is 2.44. The molecule has 34 heavy (non-hydrogen) atoms. The normalized spacial score (nSPS) is 17.6. The fourth-order valence-electron chi connectivity index (χ4n) is 4.03. The van der Waals surface area contributed by atoms with Crippen molar-refractivity contribution in [3.05, 3.63) is 101 Å². The number of hydrogen-bond acceptors (Lipinski definition) is 5. The maximum absolute atomic E-state index is 13.7. The van der Waals surface area contributed by atoms with E-state index in [2.05, 4.69) is 4.98 Å². The van der Waals surface area contributed by atoms with Crippen LogP contribution in [0.15, 0.2) is 72.3 Å². The summed E-state index contributed by atoms with van der Waals surface area (Å²) in [5.74, 6) is -3.18. The monoisotopic (exact) mass is 476 g/mol. The van der Waals surface area contributed by atoms with E-state index in [4.69, 9.17) is 0 Å². The third-order valence-corrected chi connectivity index (χ3v) is 6.82. The Labute approximate surface area is 197 Å². The topological polar surface area (TPSA) is 70.5 Å². The highest BCUT2D eigenvalue weighted by Gasteiger charge is 2.48. The number of ketones is 1. The first-order chi connectivity index (χ1) is 16.4. The Morgan fingerprint density at radius 1 is 1.00 bits per heavy atom. The molecule has 170 valence electrons. The molecular formula is C26H18F2N2O3S. The molecule has 5 nitrogen and oxygen atoms in total. The van der Waals surface area contributed by atoms with E-state index in [1.54, 1.807) is 0 Å². The predicted molar refractivity (Wildman–Crippen MR) is 127 cm³/mol. The van der Waals surface area contributed by atoms with Gasteiger partial charge in [0.15, 0.2) is 5.13 Å². The number of rotatable bonds is 4. The van der Waals surface area contributed by atoms with Crippen molar-refractivity contribution in [1.29, 1.82) is 0 Å². The summed E-state index contributed by atoms with van der Waals surface area (Å²) in [6, 6.07) is 15.1. The molecule has 0 saturated carbocycles. The molecule has 4 aromatic rings. The van der Waals surface area contributed by atoms with Gasteiger partial charge in [0.1, 0.15) is 17.4 Å². The molecule has 0 spiro atoms. The molecule has 1 fully saturated rings. The van der Waals surface area contributed by atoms with Gasteiger partial charge in [-0.15, -0.1) is 0 Å². The third kappa shape index (κ3) is 3.66. The van der Waals surface area contributed by atoms with Crippen LogP contribution in [0.3, 0.4) is 0 Å². The first kappa shape index (κ1) is 21.9. The highest BCUT2D eigenvalue weighted by molar-refractivity contribution is 7.22. The van der Waals surface area contributed by atoms with Crippen molar-refractivity contribution < 1.29 is 23.5 Å². The molecule has 8 heteroatoms. The largest absolute Gasteiger partial charge is 0.507 e. The molecule has 1 unspecified atom stereocenters. The van der Waals surface area contributed by atoms with Gasteiger partial charge in [-0.1, -0.05) is 36.5 Å². The number of hydrogen-bond donors (Lipinski definition) is 1. The first-order valence-corrected chi connectivity index (χ1v) is 11.4. The summed E-state index contributed by atoms with van der Waals surface area (Å²) in [5, 5.41) is 11.3. The minimum atomic E-state index is -1.03. The quantitative estimate of drug-likeness (QED) is 0.231. The van der Waals surface area contributed by atoms with Gasteiger partial charge in [0.2, 0.25) is 0 Å². The standard InChI is InChI=1S/C26H18F2N2O3S/c1-2-14-3-12-19-20(13-14)34-26(29-19)30-22(15-4-8-17(27)9-5-15)21(24(32)25(30)33)23(31)16-6-10-18(28)11-7-16/h3-13,22,31H,2H2,1H3/b23-21+. The molecular weight excluding hydrogens is 458 g/mol. The Morgan fingerprint density at radius 3 is 2.29 bits per heavy atom. The van der Waals surface area contributed by atoms with E-state index < -0.39 is 35.1 Å². The molecule has 1 aliphatic heterocycles. The third-order valence-electron chi connectivity index (χ3n) is 5.80. The molecule has 1 N–H and O–H groups in total. The summed E-state index contributed by atoms with van der Waals surface area (Å²) in [5.41, 5.74) is 2.23. The number of aliphatic hydroxyl groups excluding tert-OH is 1. The van der Waals surface area contributed by atoms with E-state index in [1.165, 1.54) is 52.6 Å². The summed E-state index contributed by atoms with van der Waals surface area (Å²) in [6.07, 6.45) is 0.834. The van der Waals surface area contributed by atoms with Crippen molar-refractivity contribution in [2.75, 3.05) is 4.90 Å². The number of amides is 1. The maximum Gasteiger partial charge on any atom is 0.301 e. The van der Waals surface area contributed by atoms with E-state index >= 15 is 0 Å². The van der Waals surface area contributed by atoms with Crippen molar-refractivity contribution in [3.63, 3.8) is 0 Å². The lowest BCUT2D eigenvalue weighted by Crippen LogP contribution is -2.29. The van der Waals surface area contributed by atoms with E-state index in [0.717, 1.165) is 28.8 Å². The Balaban J connectivity index is 1.71. The molecule has 1 amide bonds. The van der Waals surface area contributed by atoms with Crippen LogP contribution in [0.5, 0.6) is 0 Å². The molecule has 3 aromatic carbocycles. The van der Waals surface area contributed by atoms with Crippen molar-refractivity contribution in [2.45, 2.75) is 19.4 Å². The van der Waals surface area contributed by atoms with Gasteiger partial charge >= 0.3 is 5.91 Å². The SMILES string of the molecule is CCc1ccc2nc(N3C(=O)C(=O)/C(=C(/O)c4ccc(F)cc4)C3c3ccc(F)cc3)sc2c1. The van der Waals surface area contributed by atoms with Gasteiger partial charge in [0.05, 0.1) is 21.8 Å². The van der Waals surface area contributed by atoms with Gasteiger partial charge in [0, 0.05) is 5.56 Å². The summed E-state index contributed by atoms with van der Waals surface area (Å²) < 4.78 is 27.9. The molecule has 1 aromatic heterocycles. The van der Waals surface area contributed by atoms with Crippen LogP contribution in [0, 0.1) is 11.6 Å². The number of nitrogens with zero attached hydrogens (tertiary/aromatic N) is 2. The minimum Gasteiger partial charge on any atom is -0.507 e. The van der Waals surface area contributed by atoms with Crippen LogP contribution < -0.4 is 4.90 Å². The predicted octanol–water partition coefficient (Wildman–Crippen LogP) is 5.76. The van der Waals surface area contributed by atoms with Crippen LogP contribution in [-0.2, 0) is 16.0 Å². The fraction of sp³-hybridized carbons (Fsp3) is 0.115. The molecule has 5 rings (SSSR count). The lowest BCUT2D eigenvalue weighted by atomic mass is 9.95. The zero-order chi connectivity index (χ0) is 24.0. The van der Waals surface area contributed by atoms with E-state index in [0.29, 0.717) is 11.1 Å². The Bertz CT molecular complexity index is 1460. The van der Waals surface area contributed by atoms with Gasteiger partial charge in [-0.05, 0) is 66.1 Å². The van der Waals surface area contributed by atoms with Crippen LogP contribution in [0.25, 0.3) is 16.0 Å². The number of aromatic nitrogens is 1. The smallest absolute Gasteiger partial charge is 0.301 e. The van der Waals surface area contributed by atoms with Gasteiger partial charge in [0.25, 0.3) is 5.78 Å². The number of anilines is 1. The molecule has 1 saturated heterocycles. The zero-order valence-corrected chi connectivity index (χ0v) is 18.8. The summed E-state index contributed by atoms with van der Waals surface area (Å²) in [4.78, 5) is 32.2. The number of aliphatic hydroxyl groups is 1. The molecule has 0 aliphatic carbocycles. The summed E-state index contributed by atoms with van der Waals surface area (Å²) in [6.45, 7) is 2.03. The minimum absolute atomic E-state index is 0.170. The Kier molecular flexibility index (Phi) is 5.45. The van der Waals surface area contributed by atoms with Crippen LogP contribution in [0.4, 0.5) is 13.9 Å². The second kappa shape index (κ2) is 8.46. The lowest BCUT2D eigenvalue weighted by molar-refractivity contribution is -0.132. The number of halogens is 2. The van der Waals surface area contributed by atoms with Gasteiger partial charge in [-0.2, -0.15) is 0 Å². The number of benzene rings is 3. The Morgan fingerprint density at radius 2 is 1.65 bits per heavy atom. The Hall–Kier alpha value is -3.91. The van der Waals surface area contributed by atoms with Crippen LogP contribution in [0.1, 0.15) is 29.7 Å². The lowest BCUT2D eigenvalue weighted by Gasteiger charge is -2.23. The van der Waals surface area contributed by atoms with Crippen molar-refractivity contribution in [3.8, 4) is 0 Å². The fourth-order valence-corrected chi connectivity index (χ4v) is 5.09. The van der Waals surface area contributed by atoms with Gasteiger partial charge in [-0.3, -0.25) is 14.5 Å². The molecule has 0 radical (unpaired) electrons. The average Bonchev–Trinajstić information content (AvgIpc) is 3.37. The maximum atomic E-state index is 13.7. The van der Waals surface area contributed by atoms with E-state index in [9.17, 15) is 23.5 Å². The van der Waals surface area contributed by atoms with Crippen molar-refractivity contribution >= 4 is 44.1 Å². The number of Topliss-reactive ketones (excluding diaryl/α,β-unsaturated/α-hetero) is 1. The second-order valence-electron chi connectivity index (χ2n) is 7.88. The summed E-state index contributed by atoms with van der Waals surface area (Å²) >= 11 is 1.26. The number of carbonyl (C=O) groups excluding carboxylic acids is 2. The van der Waals surface area contributed by atoms with Gasteiger partial charge in [-0.25, -0.2) is 13.8 Å². The van der Waals surface area contributed by atoms with Crippen LogP contribution in [0.2, 0.25) is 0 Å². The molecule has 1 aliphatic rings. The average molecular weight is 477 g/mol. The van der Waals surface area contributed by atoms with Gasteiger partial charge < -0.3 is 5.11 Å². The van der Waals surface area contributed by atoms with E-state index in [1.807, 2.05) is 25.1 Å². The summed E-state index contributed by atoms with van der Waals surface area (Å²) in [7, 11) is 0. The molecule has 2 heterocycles. The van der Waals surface area contributed by atoms with E-state index in [-0.39, 0.29) is 16.3 Å².